The number of carbonyl (C=O) groups is 2. The summed E-state index contributed by atoms with van der Waals surface area (Å²) in [5.74, 6) is -0.0632. The summed E-state index contributed by atoms with van der Waals surface area (Å²) >= 11 is 0. The molecule has 2 heterocycles. The van der Waals surface area contributed by atoms with Gasteiger partial charge in [-0.3, -0.25) is 14.3 Å². The van der Waals surface area contributed by atoms with Crippen LogP contribution in [0, 0.1) is 11.8 Å². The number of hydrogen-bond acceptors (Lipinski definition) is 8. The van der Waals surface area contributed by atoms with Gasteiger partial charge in [-0.1, -0.05) is 26.2 Å². The van der Waals surface area contributed by atoms with Gasteiger partial charge in [-0.2, -0.15) is 8.42 Å². The van der Waals surface area contributed by atoms with Gasteiger partial charge in [0.2, 0.25) is 5.91 Å². The Bertz CT molecular complexity index is 1430. The van der Waals surface area contributed by atoms with Crippen molar-refractivity contribution in [3.63, 3.8) is 0 Å². The molecule has 4 rings (SSSR count). The van der Waals surface area contributed by atoms with Crippen molar-refractivity contribution in [1.29, 1.82) is 0 Å². The highest BCUT2D eigenvalue weighted by atomic mass is 32.2. The third kappa shape index (κ3) is 9.22. The molecule has 2 aliphatic rings. The Morgan fingerprint density at radius 2 is 1.87 bits per heavy atom. The van der Waals surface area contributed by atoms with E-state index in [-0.39, 0.29) is 59.4 Å². The lowest BCUT2D eigenvalue weighted by Crippen LogP contribution is -2.48. The van der Waals surface area contributed by atoms with Gasteiger partial charge in [0.1, 0.15) is 5.75 Å². The summed E-state index contributed by atoms with van der Waals surface area (Å²) in [6.45, 7) is 6.59. The summed E-state index contributed by atoms with van der Waals surface area (Å²) in [7, 11) is -0.500. The Labute approximate surface area is 273 Å². The lowest BCUT2D eigenvalue weighted by Gasteiger charge is -2.36. The van der Waals surface area contributed by atoms with Gasteiger partial charge in [0.15, 0.2) is 5.03 Å². The Hall–Kier alpha value is -3.16. The first-order valence-corrected chi connectivity index (χ1v) is 18.0. The van der Waals surface area contributed by atoms with Gasteiger partial charge in [-0.05, 0) is 64.2 Å². The number of benzene rings is 1. The fourth-order valence-electron chi connectivity index (χ4n) is 6.20. The molecule has 2 amide bonds. The van der Waals surface area contributed by atoms with E-state index in [1.54, 1.807) is 35.9 Å². The van der Waals surface area contributed by atoms with Crippen LogP contribution in [0.25, 0.3) is 0 Å². The van der Waals surface area contributed by atoms with Crippen LogP contribution in [0.5, 0.6) is 5.75 Å². The van der Waals surface area contributed by atoms with Crippen molar-refractivity contribution in [2.75, 3.05) is 38.1 Å². The second-order valence-corrected chi connectivity index (χ2v) is 14.7. The molecule has 256 valence electrons. The highest BCUT2D eigenvalue weighted by Crippen LogP contribution is 2.30. The van der Waals surface area contributed by atoms with Gasteiger partial charge in [0.05, 0.1) is 36.7 Å². The number of aryl methyl sites for hydroxylation is 1. The minimum Gasteiger partial charge on any atom is -0.490 e. The van der Waals surface area contributed by atoms with E-state index in [9.17, 15) is 23.1 Å². The SMILES string of the molecule is C[C@@H]1CN([C@@H](C)CO)C(=O)c2cc(NS(=O)(=O)c3cn(C)cn3)ccc2O[C@@H](C)CCCCO[C@@H]1CN(C)C(=O)C1CCCCC1. The molecule has 2 N–H and O–H groups in total. The summed E-state index contributed by atoms with van der Waals surface area (Å²) in [6, 6.07) is 4.09. The van der Waals surface area contributed by atoms with Crippen LogP contribution < -0.4 is 9.46 Å². The number of aliphatic hydroxyl groups is 1. The number of ether oxygens (including phenoxy) is 2. The van der Waals surface area contributed by atoms with E-state index < -0.39 is 22.0 Å². The van der Waals surface area contributed by atoms with E-state index in [1.807, 2.05) is 20.9 Å². The molecule has 4 atom stereocenters. The normalized spacial score (nSPS) is 23.1. The minimum atomic E-state index is -4.01. The molecule has 13 heteroatoms. The van der Waals surface area contributed by atoms with Crippen molar-refractivity contribution in [3.8, 4) is 5.75 Å². The number of amides is 2. The van der Waals surface area contributed by atoms with Crippen molar-refractivity contribution in [2.24, 2.45) is 18.9 Å². The summed E-state index contributed by atoms with van der Waals surface area (Å²) in [4.78, 5) is 35.0. The van der Waals surface area contributed by atoms with E-state index in [0.717, 1.165) is 44.9 Å². The zero-order valence-corrected chi connectivity index (χ0v) is 28.7. The Morgan fingerprint density at radius 1 is 1.15 bits per heavy atom. The van der Waals surface area contributed by atoms with E-state index in [1.165, 1.54) is 29.6 Å². The van der Waals surface area contributed by atoms with Crippen molar-refractivity contribution < 1.29 is 32.6 Å². The van der Waals surface area contributed by atoms with E-state index in [0.29, 0.717) is 18.9 Å². The molecule has 1 saturated carbocycles. The standard InChI is InChI=1S/C33H51N5O7S/c1-23-18-38(24(2)21-39)33(41)28-17-27(35-46(42,43)31-20-36(4)22-34-31)14-15-29(28)45-25(3)11-9-10-16-44-30(23)19-37(5)32(40)26-12-7-6-8-13-26/h14-15,17,20,22-26,30,35,39H,6-13,16,18-19,21H2,1-5H3/t23-,24+,25+,30-/m1/s1. The minimum absolute atomic E-state index is 0.0438. The van der Waals surface area contributed by atoms with Gasteiger partial charge in [0, 0.05) is 57.5 Å². The number of likely N-dealkylation sites (N-methyl/N-ethyl adjacent to an activating group) is 1. The van der Waals surface area contributed by atoms with Crippen molar-refractivity contribution in [1.82, 2.24) is 19.4 Å². The lowest BCUT2D eigenvalue weighted by atomic mass is 9.88. The molecule has 12 nitrogen and oxygen atoms in total. The number of aromatic nitrogens is 2. The van der Waals surface area contributed by atoms with Crippen molar-refractivity contribution in [3.05, 3.63) is 36.3 Å². The third-order valence-corrected chi connectivity index (χ3v) is 10.3. The first kappa shape index (κ1) is 35.7. The van der Waals surface area contributed by atoms with Gasteiger partial charge in [-0.15, -0.1) is 0 Å². The quantitative estimate of drug-likeness (QED) is 0.432. The maximum absolute atomic E-state index is 14.3. The summed E-state index contributed by atoms with van der Waals surface area (Å²) in [5.41, 5.74) is 0.364. The zero-order chi connectivity index (χ0) is 33.4. The maximum atomic E-state index is 14.3. The molecular formula is C33H51N5O7S. The van der Waals surface area contributed by atoms with Gasteiger partial charge in [0.25, 0.3) is 15.9 Å². The van der Waals surface area contributed by atoms with E-state index in [2.05, 4.69) is 9.71 Å². The molecule has 0 spiro atoms. The van der Waals surface area contributed by atoms with Crippen LogP contribution in [0.3, 0.4) is 0 Å². The number of rotatable bonds is 8. The third-order valence-electron chi connectivity index (χ3n) is 9.04. The molecule has 0 unspecified atom stereocenters. The molecule has 1 aromatic carbocycles. The van der Waals surface area contributed by atoms with E-state index in [4.69, 9.17) is 9.47 Å². The van der Waals surface area contributed by atoms with Crippen LogP contribution in [-0.4, -0.2) is 96.3 Å². The molecule has 1 fully saturated rings. The van der Waals surface area contributed by atoms with Crippen LogP contribution in [0.4, 0.5) is 5.69 Å². The summed E-state index contributed by atoms with van der Waals surface area (Å²) in [6.07, 6.45) is 9.78. The predicted molar refractivity (Wildman–Crippen MR) is 175 cm³/mol. The number of aliphatic hydroxyl groups excluding tert-OH is 1. The molecule has 0 saturated heterocycles. The van der Waals surface area contributed by atoms with Gasteiger partial charge in [-0.25, -0.2) is 4.98 Å². The largest absolute Gasteiger partial charge is 0.490 e. The molecule has 1 aliphatic carbocycles. The Balaban J connectivity index is 1.63. The lowest BCUT2D eigenvalue weighted by molar-refractivity contribution is -0.137. The first-order valence-electron chi connectivity index (χ1n) is 16.5. The van der Waals surface area contributed by atoms with Crippen LogP contribution in [0.1, 0.15) is 82.5 Å². The van der Waals surface area contributed by atoms with Gasteiger partial charge < -0.3 is 28.9 Å². The topological polar surface area (TPSA) is 143 Å². The summed E-state index contributed by atoms with van der Waals surface area (Å²) < 4.78 is 42.8. The average molecular weight is 662 g/mol. The maximum Gasteiger partial charge on any atom is 0.280 e. The first-order chi connectivity index (χ1) is 21.9. The van der Waals surface area contributed by atoms with Gasteiger partial charge >= 0.3 is 0 Å². The molecule has 0 bridgehead atoms. The highest BCUT2D eigenvalue weighted by Gasteiger charge is 2.32. The van der Waals surface area contributed by atoms with Crippen molar-refractivity contribution in [2.45, 2.75) is 95.4 Å². The average Bonchev–Trinajstić information content (AvgIpc) is 3.49. The van der Waals surface area contributed by atoms with Crippen LogP contribution in [-0.2, 0) is 26.6 Å². The predicted octanol–water partition coefficient (Wildman–Crippen LogP) is 4.06. The summed E-state index contributed by atoms with van der Waals surface area (Å²) in [5, 5.41) is 10.1. The Kier molecular flexibility index (Phi) is 12.5. The fourth-order valence-corrected chi connectivity index (χ4v) is 7.24. The second-order valence-electron chi connectivity index (χ2n) is 13.0. The highest BCUT2D eigenvalue weighted by molar-refractivity contribution is 7.92. The number of carbonyl (C=O) groups excluding carboxylic acids is 2. The molecule has 2 aromatic rings. The van der Waals surface area contributed by atoms with Crippen LogP contribution in [0.2, 0.25) is 0 Å². The number of imidazole rings is 1. The van der Waals surface area contributed by atoms with Crippen molar-refractivity contribution >= 4 is 27.5 Å². The Morgan fingerprint density at radius 3 is 2.54 bits per heavy atom. The number of fused-ring (bicyclic) bond motifs is 1. The fraction of sp³-hybridized carbons (Fsp3) is 0.667. The smallest absolute Gasteiger partial charge is 0.280 e. The number of nitrogens with one attached hydrogen (secondary N) is 1. The van der Waals surface area contributed by atoms with E-state index >= 15 is 0 Å². The molecule has 0 radical (unpaired) electrons. The zero-order valence-electron chi connectivity index (χ0n) is 27.9. The molecule has 46 heavy (non-hydrogen) atoms. The van der Waals surface area contributed by atoms with Crippen LogP contribution >= 0.6 is 0 Å². The number of anilines is 1. The second kappa shape index (κ2) is 16.1. The monoisotopic (exact) mass is 661 g/mol. The number of hydrogen-bond donors (Lipinski definition) is 2. The molecule has 1 aliphatic heterocycles. The molecular weight excluding hydrogens is 610 g/mol. The molecule has 1 aromatic heterocycles. The number of nitrogens with zero attached hydrogens (tertiary/aromatic N) is 4. The van der Waals surface area contributed by atoms with Crippen LogP contribution in [0.15, 0.2) is 35.7 Å². The number of sulfonamides is 1.